The Hall–Kier alpha value is -0.380. The van der Waals surface area contributed by atoms with Gasteiger partial charge in [0, 0.05) is 8.95 Å². The molecule has 0 saturated heterocycles. The van der Waals surface area contributed by atoms with E-state index in [4.69, 9.17) is 0 Å². The maximum Gasteiger partial charge on any atom is 0.198 e. The monoisotopic (exact) mass is 393 g/mol. The van der Waals surface area contributed by atoms with Crippen molar-refractivity contribution in [3.63, 3.8) is 0 Å². The van der Waals surface area contributed by atoms with Gasteiger partial charge >= 0.3 is 0 Å². The van der Waals surface area contributed by atoms with Crippen molar-refractivity contribution >= 4 is 41.7 Å². The van der Waals surface area contributed by atoms with Crippen molar-refractivity contribution < 1.29 is 8.42 Å². The van der Waals surface area contributed by atoms with Crippen LogP contribution in [-0.2, 0) is 9.84 Å². The van der Waals surface area contributed by atoms with Crippen LogP contribution in [0, 0.1) is 11.3 Å². The van der Waals surface area contributed by atoms with E-state index in [0.29, 0.717) is 8.95 Å². The van der Waals surface area contributed by atoms with E-state index < -0.39 is 14.6 Å². The summed E-state index contributed by atoms with van der Waals surface area (Å²) in [6.07, 6.45) is 0.530. The van der Waals surface area contributed by atoms with Gasteiger partial charge in [0.25, 0.3) is 0 Å². The van der Waals surface area contributed by atoms with Gasteiger partial charge in [-0.3, -0.25) is 0 Å². The number of benzene rings is 1. The van der Waals surface area contributed by atoms with E-state index in [9.17, 15) is 13.7 Å². The fourth-order valence-electron chi connectivity index (χ4n) is 1.74. The molecule has 0 bridgehead atoms. The molecule has 0 heterocycles. The summed E-state index contributed by atoms with van der Waals surface area (Å²) < 4.78 is 25.1. The third-order valence-electron chi connectivity index (χ3n) is 3.04. The predicted molar refractivity (Wildman–Crippen MR) is 78.0 cm³/mol. The lowest BCUT2D eigenvalue weighted by Gasteiger charge is -2.24. The molecule has 0 aliphatic heterocycles. The summed E-state index contributed by atoms with van der Waals surface area (Å²) in [7, 11) is -3.70. The lowest BCUT2D eigenvalue weighted by atomic mass is 10.1. The Kier molecular flexibility index (Phi) is 4.98. The van der Waals surface area contributed by atoms with Gasteiger partial charge in [-0.25, -0.2) is 8.42 Å². The normalized spacial score (nSPS) is 12.2. The van der Waals surface area contributed by atoms with Crippen molar-refractivity contribution in [3.05, 3.63) is 27.1 Å². The first-order valence-electron chi connectivity index (χ1n) is 5.45. The molecule has 0 unspecified atom stereocenters. The molecule has 0 aliphatic carbocycles. The van der Waals surface area contributed by atoms with E-state index in [1.807, 2.05) is 6.07 Å². The molecule has 1 rings (SSSR count). The fraction of sp³-hybridized carbons (Fsp3) is 0.417. The highest BCUT2D eigenvalue weighted by Gasteiger charge is 2.43. The highest BCUT2D eigenvalue weighted by Crippen LogP contribution is 2.36. The van der Waals surface area contributed by atoms with Gasteiger partial charge in [0.2, 0.25) is 0 Å². The van der Waals surface area contributed by atoms with Gasteiger partial charge in [-0.15, -0.1) is 0 Å². The van der Waals surface area contributed by atoms with Crippen LogP contribution in [0.4, 0.5) is 0 Å². The highest BCUT2D eigenvalue weighted by molar-refractivity contribution is 9.11. The number of nitrogens with zero attached hydrogens (tertiary/aromatic N) is 1. The SMILES string of the molecule is CCC(C#N)(CC)S(=O)(=O)c1cc(Br)ccc1Br. The third-order valence-corrected chi connectivity index (χ3v) is 7.10. The summed E-state index contributed by atoms with van der Waals surface area (Å²) in [5.74, 6) is 0. The molecule has 0 atom stereocenters. The molecule has 0 amide bonds. The molecule has 18 heavy (non-hydrogen) atoms. The Morgan fingerprint density at radius 2 is 1.83 bits per heavy atom. The van der Waals surface area contributed by atoms with Crippen molar-refractivity contribution in [2.45, 2.75) is 36.3 Å². The molecular formula is C12H13Br2NO2S. The Labute approximate surface area is 124 Å². The van der Waals surface area contributed by atoms with Crippen LogP contribution in [0.5, 0.6) is 0 Å². The zero-order valence-electron chi connectivity index (χ0n) is 10.1. The molecule has 0 spiro atoms. The van der Waals surface area contributed by atoms with Gasteiger partial charge in [-0.05, 0) is 47.0 Å². The molecule has 1 aromatic carbocycles. The summed E-state index contributed by atoms with van der Waals surface area (Å²) in [5, 5.41) is 9.28. The number of sulfone groups is 1. The van der Waals surface area contributed by atoms with Crippen LogP contribution in [-0.4, -0.2) is 13.2 Å². The van der Waals surface area contributed by atoms with Gasteiger partial charge in [0.1, 0.15) is 0 Å². The summed E-state index contributed by atoms with van der Waals surface area (Å²) in [4.78, 5) is 0.155. The van der Waals surface area contributed by atoms with Gasteiger partial charge in [-0.1, -0.05) is 29.8 Å². The second-order valence-corrected chi connectivity index (χ2v) is 7.89. The van der Waals surface area contributed by atoms with Crippen LogP contribution in [0.25, 0.3) is 0 Å². The van der Waals surface area contributed by atoms with Crippen molar-refractivity contribution in [3.8, 4) is 6.07 Å². The minimum Gasteiger partial charge on any atom is -0.222 e. The highest BCUT2D eigenvalue weighted by atomic mass is 79.9. The number of rotatable bonds is 4. The number of hydrogen-bond donors (Lipinski definition) is 0. The second-order valence-electron chi connectivity index (χ2n) is 3.89. The molecule has 6 heteroatoms. The average Bonchev–Trinajstić information content (AvgIpc) is 2.34. The Balaban J connectivity index is 3.56. The first kappa shape index (κ1) is 15.7. The zero-order valence-corrected chi connectivity index (χ0v) is 14.1. The largest absolute Gasteiger partial charge is 0.222 e. The van der Waals surface area contributed by atoms with Crippen LogP contribution in [0.15, 0.2) is 32.0 Å². The Bertz CT molecular complexity index is 587. The van der Waals surface area contributed by atoms with Crippen LogP contribution < -0.4 is 0 Å². The van der Waals surface area contributed by atoms with Gasteiger partial charge in [0.15, 0.2) is 14.6 Å². The fourth-order valence-corrected chi connectivity index (χ4v) is 5.05. The number of halogens is 2. The van der Waals surface area contributed by atoms with Gasteiger partial charge in [-0.2, -0.15) is 5.26 Å². The van der Waals surface area contributed by atoms with Crippen molar-refractivity contribution in [1.82, 2.24) is 0 Å². The lowest BCUT2D eigenvalue weighted by molar-refractivity contribution is 0.539. The lowest BCUT2D eigenvalue weighted by Crippen LogP contribution is -2.36. The van der Waals surface area contributed by atoms with E-state index in [0.717, 1.165) is 0 Å². The number of hydrogen-bond acceptors (Lipinski definition) is 3. The molecule has 0 N–H and O–H groups in total. The summed E-state index contributed by atoms with van der Waals surface area (Å²) >= 11 is 6.49. The van der Waals surface area contributed by atoms with Crippen LogP contribution in [0.3, 0.4) is 0 Å². The molecule has 98 valence electrons. The van der Waals surface area contributed by atoms with Crippen LogP contribution >= 0.6 is 31.9 Å². The van der Waals surface area contributed by atoms with Gasteiger partial charge in [0.05, 0.1) is 11.0 Å². The topological polar surface area (TPSA) is 57.9 Å². The third kappa shape index (κ3) is 2.49. The van der Waals surface area contributed by atoms with E-state index in [2.05, 4.69) is 31.9 Å². The zero-order chi connectivity index (χ0) is 14.0. The number of nitriles is 1. The van der Waals surface area contributed by atoms with Crippen molar-refractivity contribution in [2.75, 3.05) is 0 Å². The summed E-state index contributed by atoms with van der Waals surface area (Å²) in [6, 6.07) is 6.90. The smallest absolute Gasteiger partial charge is 0.198 e. The standard InChI is InChI=1S/C12H13Br2NO2S/c1-3-12(4-2,8-15)18(16,17)11-7-9(13)5-6-10(11)14/h5-7H,3-4H2,1-2H3. The maximum absolute atomic E-state index is 12.6. The predicted octanol–water partition coefficient (Wildman–Crippen LogP) is 4.07. The van der Waals surface area contributed by atoms with Crippen molar-refractivity contribution in [2.24, 2.45) is 0 Å². The minimum absolute atomic E-state index is 0.155. The van der Waals surface area contributed by atoms with E-state index in [1.165, 1.54) is 6.07 Å². The summed E-state index contributed by atoms with van der Waals surface area (Å²) in [5.41, 5.74) is 0. The molecule has 0 aromatic heterocycles. The minimum atomic E-state index is -3.70. The van der Waals surface area contributed by atoms with Crippen LogP contribution in [0.1, 0.15) is 26.7 Å². The van der Waals surface area contributed by atoms with E-state index in [1.54, 1.807) is 26.0 Å². The quantitative estimate of drug-likeness (QED) is 0.773. The molecule has 0 radical (unpaired) electrons. The van der Waals surface area contributed by atoms with E-state index >= 15 is 0 Å². The van der Waals surface area contributed by atoms with Crippen LogP contribution in [0.2, 0.25) is 0 Å². The molecular weight excluding hydrogens is 382 g/mol. The Morgan fingerprint density at radius 1 is 1.28 bits per heavy atom. The van der Waals surface area contributed by atoms with Crippen molar-refractivity contribution in [1.29, 1.82) is 5.26 Å². The van der Waals surface area contributed by atoms with Gasteiger partial charge < -0.3 is 0 Å². The Morgan fingerprint density at radius 3 is 2.28 bits per heavy atom. The first-order chi connectivity index (χ1) is 8.34. The second kappa shape index (κ2) is 5.72. The molecule has 3 nitrogen and oxygen atoms in total. The molecule has 1 aromatic rings. The molecule has 0 aliphatic rings. The first-order valence-corrected chi connectivity index (χ1v) is 8.52. The summed E-state index contributed by atoms with van der Waals surface area (Å²) in [6.45, 7) is 3.44. The average molecular weight is 395 g/mol. The van der Waals surface area contributed by atoms with E-state index in [-0.39, 0.29) is 17.7 Å². The molecule has 0 saturated carbocycles. The maximum atomic E-state index is 12.6. The molecule has 0 fully saturated rings.